The second-order valence-electron chi connectivity index (χ2n) is 4.63. The Morgan fingerprint density at radius 1 is 1.41 bits per heavy atom. The Balaban J connectivity index is 2.04. The largest absolute Gasteiger partial charge is 0.375 e. The number of nitrogens with one attached hydrogen (secondary N) is 2. The van der Waals surface area contributed by atoms with Gasteiger partial charge in [0.25, 0.3) is 0 Å². The van der Waals surface area contributed by atoms with Gasteiger partial charge in [0.1, 0.15) is 0 Å². The summed E-state index contributed by atoms with van der Waals surface area (Å²) in [6, 6.07) is 7.89. The van der Waals surface area contributed by atoms with E-state index in [9.17, 15) is 4.79 Å². The van der Waals surface area contributed by atoms with E-state index in [2.05, 4.69) is 36.9 Å². The maximum atomic E-state index is 11.2. The van der Waals surface area contributed by atoms with E-state index in [0.29, 0.717) is 5.16 Å². The summed E-state index contributed by atoms with van der Waals surface area (Å²) in [5.74, 6) is 5.80. The number of hydrogen-bond donors (Lipinski definition) is 3. The molecule has 0 radical (unpaired) electrons. The average Bonchev–Trinajstić information content (AvgIpc) is 2.88. The highest BCUT2D eigenvalue weighted by Gasteiger charge is 2.16. The molecule has 0 saturated carbocycles. The third-order valence-corrected chi connectivity index (χ3v) is 4.53. The molecular formula is C13H17BrN6OS. The maximum Gasteiger partial charge on any atom is 0.244 e. The van der Waals surface area contributed by atoms with Crippen LogP contribution in [0.15, 0.2) is 33.9 Å². The van der Waals surface area contributed by atoms with Gasteiger partial charge in [-0.25, -0.2) is 5.84 Å². The molecule has 0 fully saturated rings. The molecule has 0 bridgehead atoms. The standard InChI is InChI=1S/C13H17BrN6OS/c1-8(16-10-5-3-9(14)4-6-10)12-18-19-13(20(12)2)22-7-11(21)17-15/h3-6,8,16H,7,15H2,1-2H3,(H,17,21)/t8-/m1/s1. The smallest absolute Gasteiger partial charge is 0.244 e. The number of anilines is 1. The van der Waals surface area contributed by atoms with Gasteiger partial charge in [0.05, 0.1) is 11.8 Å². The summed E-state index contributed by atoms with van der Waals surface area (Å²) in [5, 5.41) is 12.3. The van der Waals surface area contributed by atoms with Crippen LogP contribution < -0.4 is 16.6 Å². The van der Waals surface area contributed by atoms with Crippen LogP contribution in [0.1, 0.15) is 18.8 Å². The zero-order valence-corrected chi connectivity index (χ0v) is 14.6. The Labute approximate surface area is 141 Å². The highest BCUT2D eigenvalue weighted by Crippen LogP contribution is 2.22. The Hall–Kier alpha value is -1.58. The summed E-state index contributed by atoms with van der Waals surface area (Å²) in [4.78, 5) is 11.2. The number of nitrogens with zero attached hydrogens (tertiary/aromatic N) is 3. The molecular weight excluding hydrogens is 368 g/mol. The van der Waals surface area contributed by atoms with Gasteiger partial charge in [0.2, 0.25) is 5.91 Å². The number of aromatic nitrogens is 3. The Bertz CT molecular complexity index is 644. The molecule has 0 unspecified atom stereocenters. The van der Waals surface area contributed by atoms with Crippen molar-refractivity contribution in [3.8, 4) is 0 Å². The lowest BCUT2D eigenvalue weighted by molar-refractivity contribution is -0.118. The van der Waals surface area contributed by atoms with Crippen LogP contribution >= 0.6 is 27.7 Å². The number of thioether (sulfide) groups is 1. The first-order valence-corrected chi connectivity index (χ1v) is 8.32. The second kappa shape index (κ2) is 7.61. The molecule has 9 heteroatoms. The molecule has 0 aliphatic heterocycles. The molecule has 2 aromatic rings. The third kappa shape index (κ3) is 4.21. The number of halogens is 1. The van der Waals surface area contributed by atoms with Crippen LogP contribution in [0.4, 0.5) is 5.69 Å². The number of benzene rings is 1. The Kier molecular flexibility index (Phi) is 5.81. The Morgan fingerprint density at radius 2 is 2.09 bits per heavy atom. The highest BCUT2D eigenvalue weighted by atomic mass is 79.9. The van der Waals surface area contributed by atoms with Crippen molar-refractivity contribution in [2.75, 3.05) is 11.1 Å². The topological polar surface area (TPSA) is 97.9 Å². The lowest BCUT2D eigenvalue weighted by Crippen LogP contribution is -2.31. The van der Waals surface area contributed by atoms with Crippen molar-refractivity contribution in [3.63, 3.8) is 0 Å². The highest BCUT2D eigenvalue weighted by molar-refractivity contribution is 9.10. The molecule has 1 heterocycles. The maximum absolute atomic E-state index is 11.2. The molecule has 0 spiro atoms. The summed E-state index contributed by atoms with van der Waals surface area (Å²) < 4.78 is 2.89. The van der Waals surface area contributed by atoms with E-state index in [1.165, 1.54) is 11.8 Å². The first-order chi connectivity index (χ1) is 10.5. The predicted octanol–water partition coefficient (Wildman–Crippen LogP) is 1.83. The van der Waals surface area contributed by atoms with Crippen molar-refractivity contribution in [2.45, 2.75) is 18.1 Å². The number of amides is 1. The fourth-order valence-electron chi connectivity index (χ4n) is 1.86. The van der Waals surface area contributed by atoms with Gasteiger partial charge in [-0.2, -0.15) is 0 Å². The fourth-order valence-corrected chi connectivity index (χ4v) is 2.85. The predicted molar refractivity (Wildman–Crippen MR) is 90.2 cm³/mol. The number of carbonyl (C=O) groups excluding carboxylic acids is 1. The third-order valence-electron chi connectivity index (χ3n) is 2.98. The van der Waals surface area contributed by atoms with Crippen molar-refractivity contribution in [2.24, 2.45) is 12.9 Å². The van der Waals surface area contributed by atoms with E-state index < -0.39 is 0 Å². The van der Waals surface area contributed by atoms with E-state index in [1.807, 2.05) is 42.8 Å². The van der Waals surface area contributed by atoms with Gasteiger partial charge in [-0.3, -0.25) is 10.2 Å². The minimum Gasteiger partial charge on any atom is -0.375 e. The quantitative estimate of drug-likeness (QED) is 0.304. The van der Waals surface area contributed by atoms with Crippen LogP contribution in [-0.2, 0) is 11.8 Å². The SMILES string of the molecule is C[C@@H](Nc1ccc(Br)cc1)c1nnc(SCC(=O)NN)n1C. The van der Waals surface area contributed by atoms with E-state index in [0.717, 1.165) is 16.0 Å². The lowest BCUT2D eigenvalue weighted by Gasteiger charge is -2.14. The van der Waals surface area contributed by atoms with Crippen LogP contribution in [0.5, 0.6) is 0 Å². The summed E-state index contributed by atoms with van der Waals surface area (Å²) in [5.41, 5.74) is 3.08. The zero-order valence-electron chi connectivity index (χ0n) is 12.2. The summed E-state index contributed by atoms with van der Waals surface area (Å²) in [6.07, 6.45) is 0. The first-order valence-electron chi connectivity index (χ1n) is 6.55. The molecule has 1 amide bonds. The lowest BCUT2D eigenvalue weighted by atomic mass is 10.2. The first kappa shape index (κ1) is 16.8. The molecule has 1 aromatic carbocycles. The average molecular weight is 385 g/mol. The molecule has 118 valence electrons. The van der Waals surface area contributed by atoms with Crippen LogP contribution in [0.25, 0.3) is 0 Å². The minimum absolute atomic E-state index is 0.0173. The van der Waals surface area contributed by atoms with Gasteiger partial charge in [-0.05, 0) is 31.2 Å². The van der Waals surface area contributed by atoms with Crippen LogP contribution in [-0.4, -0.2) is 26.4 Å². The van der Waals surface area contributed by atoms with E-state index in [1.54, 1.807) is 0 Å². The van der Waals surface area contributed by atoms with Crippen LogP contribution in [0.2, 0.25) is 0 Å². The van der Waals surface area contributed by atoms with Crippen molar-refractivity contribution in [1.82, 2.24) is 20.2 Å². The molecule has 22 heavy (non-hydrogen) atoms. The second-order valence-corrected chi connectivity index (χ2v) is 6.49. The van der Waals surface area contributed by atoms with Crippen LogP contribution in [0.3, 0.4) is 0 Å². The zero-order chi connectivity index (χ0) is 16.1. The molecule has 1 aromatic heterocycles. The summed E-state index contributed by atoms with van der Waals surface area (Å²) in [6.45, 7) is 2.01. The molecule has 0 aliphatic rings. The van der Waals surface area contributed by atoms with E-state index in [4.69, 9.17) is 5.84 Å². The van der Waals surface area contributed by atoms with E-state index >= 15 is 0 Å². The number of hydrazine groups is 1. The minimum atomic E-state index is -0.254. The molecule has 7 nitrogen and oxygen atoms in total. The number of hydrogen-bond acceptors (Lipinski definition) is 6. The number of rotatable bonds is 6. The van der Waals surface area contributed by atoms with E-state index in [-0.39, 0.29) is 17.7 Å². The van der Waals surface area contributed by atoms with Crippen molar-refractivity contribution >= 4 is 39.3 Å². The Morgan fingerprint density at radius 3 is 2.73 bits per heavy atom. The summed E-state index contributed by atoms with van der Waals surface area (Å²) in [7, 11) is 1.87. The van der Waals surface area contributed by atoms with Gasteiger partial charge in [0.15, 0.2) is 11.0 Å². The van der Waals surface area contributed by atoms with Crippen LogP contribution in [0, 0.1) is 0 Å². The monoisotopic (exact) mass is 384 g/mol. The molecule has 2 rings (SSSR count). The van der Waals surface area contributed by atoms with Gasteiger partial charge in [0, 0.05) is 17.2 Å². The number of carbonyl (C=O) groups is 1. The van der Waals surface area contributed by atoms with Gasteiger partial charge >= 0.3 is 0 Å². The molecule has 0 saturated heterocycles. The number of nitrogens with two attached hydrogens (primary N) is 1. The van der Waals surface area contributed by atoms with Gasteiger partial charge in [-0.15, -0.1) is 10.2 Å². The fraction of sp³-hybridized carbons (Fsp3) is 0.308. The molecule has 1 atom stereocenters. The van der Waals surface area contributed by atoms with Gasteiger partial charge < -0.3 is 9.88 Å². The molecule has 0 aliphatic carbocycles. The van der Waals surface area contributed by atoms with Crippen molar-refractivity contribution in [3.05, 3.63) is 34.6 Å². The van der Waals surface area contributed by atoms with Crippen molar-refractivity contribution < 1.29 is 4.79 Å². The normalized spacial score (nSPS) is 12.0. The molecule has 4 N–H and O–H groups in total. The van der Waals surface area contributed by atoms with Crippen molar-refractivity contribution in [1.29, 1.82) is 0 Å². The summed E-state index contributed by atoms with van der Waals surface area (Å²) >= 11 is 4.70. The van der Waals surface area contributed by atoms with Gasteiger partial charge in [-0.1, -0.05) is 27.7 Å².